The fraction of sp³-hybridized carbons (Fsp3) is 0.300. The number of aryl methyl sites for hydroxylation is 2. The number of nitro groups is 1. The second-order valence-corrected chi connectivity index (χ2v) is 10.4. The van der Waals surface area contributed by atoms with Crippen LogP contribution in [0.1, 0.15) is 34.3 Å². The molecule has 0 unspecified atom stereocenters. The summed E-state index contributed by atoms with van der Waals surface area (Å²) in [4.78, 5) is 56.0. The average Bonchev–Trinajstić information content (AvgIpc) is 3.21. The number of para-hydroxylation sites is 1. The number of carbonyl (C=O) groups is 3. The normalized spacial score (nSPS) is 16.4. The van der Waals surface area contributed by atoms with E-state index in [4.69, 9.17) is 0 Å². The molecule has 40 heavy (non-hydrogen) atoms. The Labute approximate surface area is 232 Å². The molecule has 10 heteroatoms. The molecule has 2 fully saturated rings. The molecular formula is C30H31N5O5. The van der Waals surface area contributed by atoms with Crippen molar-refractivity contribution in [3.8, 4) is 0 Å². The molecule has 0 saturated carbocycles. The molecule has 5 rings (SSSR count). The van der Waals surface area contributed by atoms with Crippen molar-refractivity contribution in [1.29, 1.82) is 0 Å². The fourth-order valence-corrected chi connectivity index (χ4v) is 5.53. The lowest BCUT2D eigenvalue weighted by Crippen LogP contribution is -2.57. The minimum absolute atomic E-state index is 0.0901. The number of nitro benzene ring substituents is 1. The first-order chi connectivity index (χ1) is 19.2. The molecule has 1 spiro atoms. The van der Waals surface area contributed by atoms with E-state index in [1.54, 1.807) is 15.9 Å². The summed E-state index contributed by atoms with van der Waals surface area (Å²) in [6.07, 6.45) is 0.743. The molecule has 0 aromatic heterocycles. The molecule has 3 aromatic carbocycles. The van der Waals surface area contributed by atoms with E-state index in [0.29, 0.717) is 31.6 Å². The van der Waals surface area contributed by atoms with E-state index in [0.717, 1.165) is 16.8 Å². The van der Waals surface area contributed by atoms with Crippen LogP contribution in [0.25, 0.3) is 0 Å². The van der Waals surface area contributed by atoms with Gasteiger partial charge in [0.25, 0.3) is 17.5 Å². The smallest absolute Gasteiger partial charge is 0.270 e. The van der Waals surface area contributed by atoms with Crippen LogP contribution < -0.4 is 10.2 Å². The maximum Gasteiger partial charge on any atom is 0.270 e. The zero-order chi connectivity index (χ0) is 28.4. The van der Waals surface area contributed by atoms with E-state index in [-0.39, 0.29) is 42.2 Å². The Morgan fingerprint density at radius 2 is 1.68 bits per heavy atom. The SMILES string of the molecule is Cc1ccc(NC(=O)CN2CN(c3ccccc3)C3(CCN(C(=O)c4cccc([N+](=O)[O-])c4)CC3)C2=O)cc1C. The van der Waals surface area contributed by atoms with Crippen LogP contribution in [0.15, 0.2) is 72.8 Å². The largest absolute Gasteiger partial charge is 0.339 e. The van der Waals surface area contributed by atoms with E-state index in [2.05, 4.69) is 5.32 Å². The van der Waals surface area contributed by atoms with Crippen LogP contribution in [-0.4, -0.2) is 64.3 Å². The van der Waals surface area contributed by atoms with Gasteiger partial charge >= 0.3 is 0 Å². The van der Waals surface area contributed by atoms with Crippen molar-refractivity contribution in [2.75, 3.05) is 36.5 Å². The molecule has 206 valence electrons. The average molecular weight is 542 g/mol. The predicted molar refractivity (Wildman–Crippen MR) is 151 cm³/mol. The van der Waals surface area contributed by atoms with Crippen molar-refractivity contribution < 1.29 is 19.3 Å². The van der Waals surface area contributed by atoms with Crippen LogP contribution in [0.5, 0.6) is 0 Å². The van der Waals surface area contributed by atoms with Crippen LogP contribution >= 0.6 is 0 Å². The maximum atomic E-state index is 13.9. The molecule has 2 saturated heterocycles. The number of benzene rings is 3. The Morgan fingerprint density at radius 3 is 2.35 bits per heavy atom. The Bertz CT molecular complexity index is 1470. The van der Waals surface area contributed by atoms with Crippen LogP contribution in [-0.2, 0) is 9.59 Å². The highest BCUT2D eigenvalue weighted by Gasteiger charge is 2.54. The first-order valence-electron chi connectivity index (χ1n) is 13.2. The van der Waals surface area contributed by atoms with Gasteiger partial charge in [0, 0.05) is 42.2 Å². The van der Waals surface area contributed by atoms with E-state index in [1.165, 1.54) is 18.2 Å². The molecule has 0 bridgehead atoms. The van der Waals surface area contributed by atoms with Crippen molar-refractivity contribution in [1.82, 2.24) is 9.80 Å². The molecule has 0 aliphatic carbocycles. The number of nitrogens with zero attached hydrogens (tertiary/aromatic N) is 4. The van der Waals surface area contributed by atoms with Gasteiger partial charge in [-0.05, 0) is 68.1 Å². The topological polar surface area (TPSA) is 116 Å². The number of likely N-dealkylation sites (tertiary alicyclic amines) is 1. The summed E-state index contributed by atoms with van der Waals surface area (Å²) in [6.45, 7) is 4.75. The van der Waals surface area contributed by atoms with Gasteiger partial charge in [-0.2, -0.15) is 0 Å². The molecule has 10 nitrogen and oxygen atoms in total. The maximum absolute atomic E-state index is 13.9. The minimum Gasteiger partial charge on any atom is -0.339 e. The van der Waals surface area contributed by atoms with Gasteiger partial charge < -0.3 is 20.0 Å². The Morgan fingerprint density at radius 1 is 0.950 bits per heavy atom. The quantitative estimate of drug-likeness (QED) is 0.371. The van der Waals surface area contributed by atoms with Crippen LogP contribution in [0, 0.1) is 24.0 Å². The fourth-order valence-electron chi connectivity index (χ4n) is 5.53. The van der Waals surface area contributed by atoms with Gasteiger partial charge in [0.05, 0.1) is 11.6 Å². The number of nitrogens with one attached hydrogen (secondary N) is 1. The number of hydrogen-bond donors (Lipinski definition) is 1. The third-order valence-corrected chi connectivity index (χ3v) is 7.89. The Balaban J connectivity index is 1.33. The second kappa shape index (κ2) is 10.8. The van der Waals surface area contributed by atoms with Gasteiger partial charge in [-0.1, -0.05) is 30.3 Å². The highest BCUT2D eigenvalue weighted by Crippen LogP contribution is 2.39. The van der Waals surface area contributed by atoms with Gasteiger partial charge in [-0.15, -0.1) is 0 Å². The molecule has 3 aromatic rings. The van der Waals surface area contributed by atoms with Crippen molar-refractivity contribution in [3.63, 3.8) is 0 Å². The van der Waals surface area contributed by atoms with Gasteiger partial charge in [0.15, 0.2) is 0 Å². The Kier molecular flexibility index (Phi) is 7.25. The summed E-state index contributed by atoms with van der Waals surface area (Å²) in [5.74, 6) is -0.728. The molecular weight excluding hydrogens is 510 g/mol. The monoisotopic (exact) mass is 541 g/mol. The summed E-state index contributed by atoms with van der Waals surface area (Å²) in [5, 5.41) is 14.1. The molecule has 2 aliphatic rings. The van der Waals surface area contributed by atoms with Crippen molar-refractivity contribution in [2.24, 2.45) is 0 Å². The number of amides is 3. The number of piperidine rings is 1. The molecule has 1 N–H and O–H groups in total. The lowest BCUT2D eigenvalue weighted by atomic mass is 9.85. The summed E-state index contributed by atoms with van der Waals surface area (Å²) in [7, 11) is 0. The van der Waals surface area contributed by atoms with Crippen LogP contribution in [0.3, 0.4) is 0 Å². The highest BCUT2D eigenvalue weighted by atomic mass is 16.6. The van der Waals surface area contributed by atoms with E-state index in [9.17, 15) is 24.5 Å². The summed E-state index contributed by atoms with van der Waals surface area (Å²) in [5.41, 5.74) is 2.94. The van der Waals surface area contributed by atoms with E-state index in [1.807, 2.05) is 67.3 Å². The molecule has 3 amide bonds. The second-order valence-electron chi connectivity index (χ2n) is 10.4. The van der Waals surface area contributed by atoms with E-state index < -0.39 is 10.5 Å². The zero-order valence-corrected chi connectivity index (χ0v) is 22.5. The predicted octanol–water partition coefficient (Wildman–Crippen LogP) is 4.13. The standard InChI is InChI=1S/C30H31N5O5/c1-21-11-12-24(17-22(21)2)31-27(36)19-33-20-34(25-8-4-3-5-9-25)30(29(33)38)13-15-32(16-14-30)28(37)23-7-6-10-26(18-23)35(39)40/h3-12,17-18H,13-16,19-20H2,1-2H3,(H,31,36). The summed E-state index contributed by atoms with van der Waals surface area (Å²) >= 11 is 0. The lowest BCUT2D eigenvalue weighted by Gasteiger charge is -2.43. The van der Waals surface area contributed by atoms with Gasteiger partial charge in [-0.25, -0.2) is 0 Å². The lowest BCUT2D eigenvalue weighted by molar-refractivity contribution is -0.384. The third-order valence-electron chi connectivity index (χ3n) is 7.89. The van der Waals surface area contributed by atoms with Crippen molar-refractivity contribution >= 4 is 34.8 Å². The van der Waals surface area contributed by atoms with Crippen molar-refractivity contribution in [2.45, 2.75) is 32.2 Å². The van der Waals surface area contributed by atoms with Crippen LogP contribution in [0.2, 0.25) is 0 Å². The van der Waals surface area contributed by atoms with Gasteiger partial charge in [-0.3, -0.25) is 24.5 Å². The summed E-state index contributed by atoms with van der Waals surface area (Å²) < 4.78 is 0. The van der Waals surface area contributed by atoms with Gasteiger partial charge in [0.2, 0.25) is 5.91 Å². The zero-order valence-electron chi connectivity index (χ0n) is 22.5. The number of anilines is 2. The Hall–Kier alpha value is -4.73. The molecule has 2 heterocycles. The van der Waals surface area contributed by atoms with E-state index >= 15 is 0 Å². The van der Waals surface area contributed by atoms with Gasteiger partial charge in [0.1, 0.15) is 12.1 Å². The molecule has 0 atom stereocenters. The third kappa shape index (κ3) is 5.12. The number of carbonyl (C=O) groups excluding carboxylic acids is 3. The minimum atomic E-state index is -0.901. The summed E-state index contributed by atoms with van der Waals surface area (Å²) in [6, 6.07) is 21.0. The first-order valence-corrected chi connectivity index (χ1v) is 13.2. The number of hydrogen-bond acceptors (Lipinski definition) is 6. The number of non-ortho nitro benzene ring substituents is 1. The first kappa shape index (κ1) is 26.9. The molecule has 2 aliphatic heterocycles. The highest BCUT2D eigenvalue weighted by molar-refractivity contribution is 6.00. The van der Waals surface area contributed by atoms with Crippen molar-refractivity contribution in [3.05, 3.63) is 99.6 Å². The van der Waals surface area contributed by atoms with Crippen LogP contribution in [0.4, 0.5) is 17.1 Å². The molecule has 0 radical (unpaired) electrons. The number of rotatable bonds is 6.